The lowest BCUT2D eigenvalue weighted by molar-refractivity contribution is -0.142. The van der Waals surface area contributed by atoms with Gasteiger partial charge in [0.1, 0.15) is 0 Å². The zero-order valence-electron chi connectivity index (χ0n) is 20.4. The molecule has 0 bridgehead atoms. The van der Waals surface area contributed by atoms with E-state index < -0.39 is 5.91 Å². The molecule has 0 spiro atoms. The molecular weight excluding hydrogens is 448 g/mol. The number of aryl methyl sites for hydroxylation is 1. The molecule has 5 nitrogen and oxygen atoms in total. The fourth-order valence-corrected chi connectivity index (χ4v) is 4.67. The van der Waals surface area contributed by atoms with Crippen LogP contribution < -0.4 is 5.73 Å². The average molecular weight is 479 g/mol. The molecule has 1 heterocycles. The van der Waals surface area contributed by atoms with Gasteiger partial charge in [0.15, 0.2) is 0 Å². The molecule has 0 radical (unpaired) electrons. The Balaban J connectivity index is 1.93. The third-order valence-corrected chi connectivity index (χ3v) is 6.47. The van der Waals surface area contributed by atoms with Crippen LogP contribution in [0.5, 0.6) is 0 Å². The van der Waals surface area contributed by atoms with E-state index in [1.54, 1.807) is 6.92 Å². The predicted molar refractivity (Wildman–Crippen MR) is 139 cm³/mol. The average Bonchev–Trinajstić information content (AvgIpc) is 2.76. The van der Waals surface area contributed by atoms with Crippen molar-refractivity contribution in [2.45, 2.75) is 53.9 Å². The third kappa shape index (κ3) is 5.65. The number of hydrogen-bond donors (Lipinski definition) is 1. The van der Waals surface area contributed by atoms with Crippen LogP contribution in [0.1, 0.15) is 57.2 Å². The number of hydrogen-bond acceptors (Lipinski definition) is 4. The number of amides is 1. The Morgan fingerprint density at radius 1 is 1.03 bits per heavy atom. The molecule has 34 heavy (non-hydrogen) atoms. The van der Waals surface area contributed by atoms with Gasteiger partial charge in [-0.05, 0) is 81.8 Å². The lowest BCUT2D eigenvalue weighted by Crippen LogP contribution is -2.17. The van der Waals surface area contributed by atoms with E-state index in [0.29, 0.717) is 29.3 Å². The quantitative estimate of drug-likeness (QED) is 0.501. The molecule has 178 valence electrons. The fourth-order valence-electron chi connectivity index (χ4n) is 4.38. The number of allylic oxidation sites excluding steroid dienone is 3. The molecule has 6 heteroatoms. The van der Waals surface area contributed by atoms with Crippen LogP contribution in [0.4, 0.5) is 0 Å². The van der Waals surface area contributed by atoms with E-state index in [9.17, 15) is 9.59 Å². The van der Waals surface area contributed by atoms with Gasteiger partial charge >= 0.3 is 5.97 Å². The van der Waals surface area contributed by atoms with Crippen molar-refractivity contribution in [3.05, 3.63) is 75.0 Å². The maximum atomic E-state index is 11.9. The highest BCUT2D eigenvalue weighted by Crippen LogP contribution is 2.34. The van der Waals surface area contributed by atoms with Gasteiger partial charge in [0.2, 0.25) is 5.91 Å². The van der Waals surface area contributed by atoms with Crippen LogP contribution in [0.25, 0.3) is 16.7 Å². The largest absolute Gasteiger partial charge is 0.466 e. The van der Waals surface area contributed by atoms with Crippen LogP contribution in [0.15, 0.2) is 58.2 Å². The minimum Gasteiger partial charge on any atom is -0.466 e. The molecule has 0 unspecified atom stereocenters. The molecule has 0 aliphatic carbocycles. The van der Waals surface area contributed by atoms with Crippen LogP contribution in [-0.4, -0.2) is 24.2 Å². The van der Waals surface area contributed by atoms with Crippen LogP contribution >= 0.6 is 11.6 Å². The number of ether oxygens (including phenoxy) is 1. The molecule has 1 aliphatic heterocycles. The number of halogens is 1. The van der Waals surface area contributed by atoms with Crippen LogP contribution in [-0.2, 0) is 20.7 Å². The zero-order valence-corrected chi connectivity index (χ0v) is 21.2. The third-order valence-electron chi connectivity index (χ3n) is 6.16. The van der Waals surface area contributed by atoms with E-state index >= 15 is 0 Å². The van der Waals surface area contributed by atoms with Gasteiger partial charge in [0.05, 0.1) is 13.0 Å². The van der Waals surface area contributed by atoms with Gasteiger partial charge in [-0.25, -0.2) is 0 Å². The van der Waals surface area contributed by atoms with Crippen molar-refractivity contribution < 1.29 is 14.3 Å². The number of nitrogens with zero attached hydrogens (tertiary/aromatic N) is 1. The SMILES string of the molecule is CCOC(=O)Cc1cc(Cl)c(-c2ccc(C3=C(C)CCC(C(N)=O)=C(C)N=C3C)cc2)cc1C. The van der Waals surface area contributed by atoms with Crippen LogP contribution in [0.2, 0.25) is 5.02 Å². The molecule has 0 aromatic heterocycles. The lowest BCUT2D eigenvalue weighted by atomic mass is 9.90. The Morgan fingerprint density at radius 3 is 2.29 bits per heavy atom. The summed E-state index contributed by atoms with van der Waals surface area (Å²) < 4.78 is 5.06. The Hall–Kier alpha value is -3.18. The molecule has 0 fully saturated rings. The summed E-state index contributed by atoms with van der Waals surface area (Å²) >= 11 is 6.60. The molecular formula is C28H31ClN2O3. The number of esters is 1. The van der Waals surface area contributed by atoms with Gasteiger partial charge in [-0.3, -0.25) is 14.6 Å². The van der Waals surface area contributed by atoms with Gasteiger partial charge in [-0.1, -0.05) is 41.4 Å². The van der Waals surface area contributed by atoms with Gasteiger partial charge in [-0.2, -0.15) is 0 Å². The highest BCUT2D eigenvalue weighted by molar-refractivity contribution is 6.33. The predicted octanol–water partition coefficient (Wildman–Crippen LogP) is 6.21. The fraction of sp³-hybridized carbons (Fsp3) is 0.321. The topological polar surface area (TPSA) is 81.8 Å². The normalized spacial score (nSPS) is 14.5. The van der Waals surface area contributed by atoms with E-state index in [2.05, 4.69) is 24.0 Å². The highest BCUT2D eigenvalue weighted by Gasteiger charge is 2.18. The monoisotopic (exact) mass is 478 g/mol. The number of primary amides is 1. The van der Waals surface area contributed by atoms with Gasteiger partial charge in [0.25, 0.3) is 0 Å². The van der Waals surface area contributed by atoms with E-state index in [0.717, 1.165) is 51.1 Å². The highest BCUT2D eigenvalue weighted by atomic mass is 35.5. The molecule has 2 aromatic rings. The summed E-state index contributed by atoms with van der Waals surface area (Å²) in [4.78, 5) is 28.3. The Morgan fingerprint density at radius 2 is 1.68 bits per heavy atom. The minimum absolute atomic E-state index is 0.204. The van der Waals surface area contributed by atoms with E-state index in [-0.39, 0.29) is 12.4 Å². The molecule has 2 aromatic carbocycles. The number of nitrogens with two attached hydrogens (primary N) is 1. The zero-order chi connectivity index (χ0) is 25.0. The van der Waals surface area contributed by atoms with E-state index in [4.69, 9.17) is 22.1 Å². The number of carbonyl (C=O) groups is 2. The standard InChI is InChI=1S/C28H31ClN2O3/c1-6-34-26(32)15-22-14-25(29)24(13-17(22)3)20-8-10-21(11-9-20)27-16(2)7-12-23(28(30)33)18(4)31-19(27)5/h8-11,13-14H,6-7,12,15H2,1-5H3,(H2,30,33). The number of aliphatic imine (C=N–C) groups is 1. The second-order valence-corrected chi connectivity index (χ2v) is 9.01. The van der Waals surface area contributed by atoms with Crippen LogP contribution in [0.3, 0.4) is 0 Å². The Bertz CT molecular complexity index is 1220. The summed E-state index contributed by atoms with van der Waals surface area (Å²) in [6, 6.07) is 12.1. The lowest BCUT2D eigenvalue weighted by Gasteiger charge is -2.18. The first-order valence-electron chi connectivity index (χ1n) is 11.4. The van der Waals surface area contributed by atoms with Crippen molar-refractivity contribution in [1.29, 1.82) is 0 Å². The van der Waals surface area contributed by atoms with Gasteiger partial charge in [-0.15, -0.1) is 0 Å². The maximum Gasteiger partial charge on any atom is 0.310 e. The summed E-state index contributed by atoms with van der Waals surface area (Å²) in [5.41, 5.74) is 14.7. The molecule has 0 saturated carbocycles. The molecule has 2 N–H and O–H groups in total. The van der Waals surface area contributed by atoms with Crippen molar-refractivity contribution in [2.75, 3.05) is 6.61 Å². The van der Waals surface area contributed by atoms with Crippen LogP contribution in [0, 0.1) is 6.92 Å². The summed E-state index contributed by atoms with van der Waals surface area (Å²) in [5.74, 6) is -0.665. The van der Waals surface area contributed by atoms with Crippen molar-refractivity contribution in [1.82, 2.24) is 0 Å². The maximum absolute atomic E-state index is 11.9. The summed E-state index contributed by atoms with van der Waals surface area (Å²) in [5, 5.41) is 0.594. The first-order chi connectivity index (χ1) is 16.1. The minimum atomic E-state index is -0.407. The first kappa shape index (κ1) is 25.4. The second kappa shape index (κ2) is 10.8. The van der Waals surface area contributed by atoms with Gasteiger partial charge in [0, 0.05) is 33.1 Å². The van der Waals surface area contributed by atoms with Crippen molar-refractivity contribution in [3.8, 4) is 11.1 Å². The summed E-state index contributed by atoms with van der Waals surface area (Å²) in [6.45, 7) is 10.00. The van der Waals surface area contributed by atoms with Crippen molar-refractivity contribution in [3.63, 3.8) is 0 Å². The smallest absolute Gasteiger partial charge is 0.310 e. The number of carbonyl (C=O) groups excluding carboxylic acids is 2. The second-order valence-electron chi connectivity index (χ2n) is 8.60. The number of benzene rings is 2. The summed E-state index contributed by atoms with van der Waals surface area (Å²) in [6.07, 6.45) is 1.53. The Kier molecular flexibility index (Phi) is 8.11. The molecule has 3 rings (SSSR count). The van der Waals surface area contributed by atoms with Crippen molar-refractivity contribution in [2.24, 2.45) is 10.7 Å². The Labute approximate surface area is 206 Å². The molecule has 1 aliphatic rings. The van der Waals surface area contributed by atoms with Gasteiger partial charge < -0.3 is 10.5 Å². The first-order valence-corrected chi connectivity index (χ1v) is 11.8. The number of rotatable bonds is 6. The molecule has 0 atom stereocenters. The molecule has 0 saturated heterocycles. The van der Waals surface area contributed by atoms with Crippen molar-refractivity contribution >= 4 is 34.8 Å². The van der Waals surface area contributed by atoms with E-state index in [1.165, 1.54) is 0 Å². The summed E-state index contributed by atoms with van der Waals surface area (Å²) in [7, 11) is 0. The molecule has 1 amide bonds. The van der Waals surface area contributed by atoms with E-state index in [1.807, 2.05) is 45.0 Å².